The molecule has 2 bridgehead atoms. The van der Waals surface area contributed by atoms with Gasteiger partial charge >= 0.3 is 0 Å². The SMILES string of the molecule is C1=CC(C2=CC3CCC2C3)CCC1. The van der Waals surface area contributed by atoms with Crippen molar-refractivity contribution in [1.82, 2.24) is 0 Å². The zero-order chi connectivity index (χ0) is 8.67. The topological polar surface area (TPSA) is 0 Å². The summed E-state index contributed by atoms with van der Waals surface area (Å²) in [5.41, 5.74) is 1.81. The van der Waals surface area contributed by atoms with Crippen LogP contribution in [0.5, 0.6) is 0 Å². The van der Waals surface area contributed by atoms with Crippen LogP contribution in [0.4, 0.5) is 0 Å². The first-order valence-electron chi connectivity index (χ1n) is 5.82. The van der Waals surface area contributed by atoms with Crippen LogP contribution in [-0.4, -0.2) is 0 Å². The summed E-state index contributed by atoms with van der Waals surface area (Å²) in [5, 5.41) is 0. The first-order chi connectivity index (χ1) is 6.43. The largest absolute Gasteiger partial charge is 0.0879 e. The summed E-state index contributed by atoms with van der Waals surface area (Å²) in [5.74, 6) is 2.79. The third-order valence-corrected chi connectivity index (χ3v) is 4.06. The molecule has 13 heavy (non-hydrogen) atoms. The van der Waals surface area contributed by atoms with Gasteiger partial charge in [0.15, 0.2) is 0 Å². The Morgan fingerprint density at radius 1 is 1.15 bits per heavy atom. The maximum atomic E-state index is 2.61. The molecule has 1 saturated carbocycles. The van der Waals surface area contributed by atoms with Gasteiger partial charge in [-0.3, -0.25) is 0 Å². The second kappa shape index (κ2) is 3.01. The monoisotopic (exact) mass is 174 g/mol. The fourth-order valence-corrected chi connectivity index (χ4v) is 3.40. The van der Waals surface area contributed by atoms with Gasteiger partial charge in [-0.15, -0.1) is 0 Å². The van der Waals surface area contributed by atoms with Crippen molar-refractivity contribution in [3.05, 3.63) is 23.8 Å². The Bertz CT molecular complexity index is 259. The van der Waals surface area contributed by atoms with Gasteiger partial charge in [0.2, 0.25) is 0 Å². The third-order valence-electron chi connectivity index (χ3n) is 4.06. The minimum Gasteiger partial charge on any atom is -0.0879 e. The quantitative estimate of drug-likeness (QED) is 0.532. The molecule has 0 spiro atoms. The molecule has 3 aliphatic rings. The van der Waals surface area contributed by atoms with Crippen molar-refractivity contribution in [3.63, 3.8) is 0 Å². The smallest absolute Gasteiger partial charge is 0.00203 e. The Morgan fingerprint density at radius 3 is 2.77 bits per heavy atom. The maximum Gasteiger partial charge on any atom is -0.00203 e. The Labute approximate surface area is 80.7 Å². The summed E-state index contributed by atoms with van der Waals surface area (Å²) >= 11 is 0. The molecular weight excluding hydrogens is 156 g/mol. The van der Waals surface area contributed by atoms with Crippen LogP contribution in [0.15, 0.2) is 23.8 Å². The number of hydrogen-bond acceptors (Lipinski definition) is 0. The van der Waals surface area contributed by atoms with E-state index in [1.807, 2.05) is 5.57 Å². The highest BCUT2D eigenvalue weighted by Crippen LogP contribution is 2.47. The minimum atomic E-state index is 0.837. The van der Waals surface area contributed by atoms with Gasteiger partial charge in [-0.25, -0.2) is 0 Å². The second-order valence-electron chi connectivity index (χ2n) is 4.90. The summed E-state index contributed by atoms with van der Waals surface area (Å²) in [4.78, 5) is 0. The van der Waals surface area contributed by atoms with Crippen molar-refractivity contribution >= 4 is 0 Å². The van der Waals surface area contributed by atoms with Gasteiger partial charge in [0.1, 0.15) is 0 Å². The molecule has 0 heterocycles. The molecule has 0 amide bonds. The number of rotatable bonds is 1. The van der Waals surface area contributed by atoms with Crippen LogP contribution in [0.2, 0.25) is 0 Å². The number of allylic oxidation sites excluding steroid dienone is 4. The van der Waals surface area contributed by atoms with Gasteiger partial charge in [-0.1, -0.05) is 23.8 Å². The van der Waals surface area contributed by atoms with Gasteiger partial charge in [-0.2, -0.15) is 0 Å². The average molecular weight is 174 g/mol. The van der Waals surface area contributed by atoms with Crippen LogP contribution >= 0.6 is 0 Å². The van der Waals surface area contributed by atoms with Gasteiger partial charge in [-0.05, 0) is 56.3 Å². The van der Waals surface area contributed by atoms with Crippen LogP contribution in [-0.2, 0) is 0 Å². The molecule has 3 rings (SSSR count). The molecule has 0 saturated heterocycles. The third kappa shape index (κ3) is 1.27. The summed E-state index contributed by atoms with van der Waals surface area (Å²) in [6.45, 7) is 0. The van der Waals surface area contributed by atoms with Gasteiger partial charge < -0.3 is 0 Å². The molecule has 0 radical (unpaired) electrons. The van der Waals surface area contributed by atoms with E-state index in [9.17, 15) is 0 Å². The van der Waals surface area contributed by atoms with Crippen molar-refractivity contribution in [2.75, 3.05) is 0 Å². The molecule has 0 aromatic carbocycles. The normalized spacial score (nSPS) is 42.5. The summed E-state index contributed by atoms with van der Waals surface area (Å²) in [7, 11) is 0. The Hall–Kier alpha value is -0.520. The van der Waals surface area contributed by atoms with Crippen molar-refractivity contribution in [1.29, 1.82) is 0 Å². The molecule has 70 valence electrons. The summed E-state index contributed by atoms with van der Waals surface area (Å²) in [6.07, 6.45) is 16.1. The van der Waals surface area contributed by atoms with Gasteiger partial charge in [0.25, 0.3) is 0 Å². The van der Waals surface area contributed by atoms with Crippen molar-refractivity contribution < 1.29 is 0 Å². The second-order valence-corrected chi connectivity index (χ2v) is 4.90. The van der Waals surface area contributed by atoms with E-state index >= 15 is 0 Å². The van der Waals surface area contributed by atoms with Crippen LogP contribution in [0, 0.1) is 17.8 Å². The highest BCUT2D eigenvalue weighted by molar-refractivity contribution is 5.26. The maximum absolute atomic E-state index is 2.61. The van der Waals surface area contributed by atoms with Crippen LogP contribution in [0.25, 0.3) is 0 Å². The van der Waals surface area contributed by atoms with Crippen LogP contribution < -0.4 is 0 Å². The van der Waals surface area contributed by atoms with Crippen LogP contribution in [0.1, 0.15) is 38.5 Å². The highest BCUT2D eigenvalue weighted by Gasteiger charge is 2.35. The van der Waals surface area contributed by atoms with E-state index in [0.29, 0.717) is 0 Å². The lowest BCUT2D eigenvalue weighted by molar-refractivity contribution is 0.523. The van der Waals surface area contributed by atoms with E-state index in [2.05, 4.69) is 18.2 Å². The Morgan fingerprint density at radius 2 is 2.15 bits per heavy atom. The molecule has 0 N–H and O–H groups in total. The lowest BCUT2D eigenvalue weighted by Crippen LogP contribution is -2.10. The standard InChI is InChI=1S/C13H18/c1-2-4-11(5-3-1)13-9-10-6-7-12(13)8-10/h2,4,9-12H,1,3,5-8H2. The number of hydrogen-bond donors (Lipinski definition) is 0. The van der Waals surface area contributed by atoms with Crippen molar-refractivity contribution in [3.8, 4) is 0 Å². The van der Waals surface area contributed by atoms with Gasteiger partial charge in [0.05, 0.1) is 0 Å². The molecule has 1 fully saturated rings. The molecule has 3 unspecified atom stereocenters. The molecule has 0 aliphatic heterocycles. The molecular formula is C13H18. The molecule has 0 nitrogen and oxygen atoms in total. The zero-order valence-electron chi connectivity index (χ0n) is 8.21. The molecule has 0 aromatic rings. The first-order valence-corrected chi connectivity index (χ1v) is 5.82. The molecule has 3 aliphatic carbocycles. The zero-order valence-corrected chi connectivity index (χ0v) is 8.21. The Balaban J connectivity index is 1.81. The van der Waals surface area contributed by atoms with Crippen LogP contribution in [0.3, 0.4) is 0 Å². The molecule has 3 atom stereocenters. The minimum absolute atomic E-state index is 0.837. The van der Waals surface area contributed by atoms with E-state index in [0.717, 1.165) is 17.8 Å². The predicted octanol–water partition coefficient (Wildman–Crippen LogP) is 3.70. The lowest BCUT2D eigenvalue weighted by Gasteiger charge is -2.23. The Kier molecular flexibility index (Phi) is 1.81. The van der Waals surface area contributed by atoms with E-state index in [1.165, 1.54) is 38.5 Å². The predicted molar refractivity (Wildman–Crippen MR) is 55.4 cm³/mol. The first kappa shape index (κ1) is 7.84. The number of fused-ring (bicyclic) bond motifs is 2. The van der Waals surface area contributed by atoms with Gasteiger partial charge in [0, 0.05) is 0 Å². The molecule has 0 aromatic heterocycles. The van der Waals surface area contributed by atoms with E-state index in [4.69, 9.17) is 0 Å². The van der Waals surface area contributed by atoms with Crippen molar-refractivity contribution in [2.24, 2.45) is 17.8 Å². The highest BCUT2D eigenvalue weighted by atomic mass is 14.4. The van der Waals surface area contributed by atoms with Crippen molar-refractivity contribution in [2.45, 2.75) is 38.5 Å². The fourth-order valence-electron chi connectivity index (χ4n) is 3.40. The van der Waals surface area contributed by atoms with E-state index in [1.54, 1.807) is 0 Å². The van der Waals surface area contributed by atoms with E-state index in [-0.39, 0.29) is 0 Å². The lowest BCUT2D eigenvalue weighted by atomic mass is 9.82. The summed E-state index contributed by atoms with van der Waals surface area (Å²) in [6, 6.07) is 0. The molecule has 0 heteroatoms. The average Bonchev–Trinajstić information content (AvgIpc) is 2.80. The summed E-state index contributed by atoms with van der Waals surface area (Å²) < 4.78 is 0. The fraction of sp³-hybridized carbons (Fsp3) is 0.692. The van der Waals surface area contributed by atoms with E-state index < -0.39 is 0 Å².